The third-order valence-electron chi connectivity index (χ3n) is 7.78. The lowest BCUT2D eigenvalue weighted by Gasteiger charge is -2.39. The number of fused-ring (bicyclic) bond motifs is 1. The number of nitrogens with zero attached hydrogens (tertiary/aromatic N) is 1. The average molecular weight is 582 g/mol. The second-order valence-electron chi connectivity index (χ2n) is 10.8. The monoisotopic (exact) mass is 581 g/mol. The van der Waals surface area contributed by atoms with Crippen molar-refractivity contribution < 1.29 is 27.5 Å². The number of hydrogen-bond donors (Lipinski definition) is 2. The summed E-state index contributed by atoms with van der Waals surface area (Å²) in [4.78, 5) is 26.5. The number of alkyl halides is 2. The number of benzene rings is 2. The van der Waals surface area contributed by atoms with Crippen LogP contribution in [0.4, 0.5) is 8.78 Å². The van der Waals surface area contributed by atoms with Gasteiger partial charge in [-0.1, -0.05) is 31.2 Å². The van der Waals surface area contributed by atoms with Crippen LogP contribution in [0.25, 0.3) is 22.1 Å². The minimum absolute atomic E-state index is 0.0203. The van der Waals surface area contributed by atoms with Gasteiger partial charge in [0, 0.05) is 18.2 Å². The van der Waals surface area contributed by atoms with Crippen LogP contribution >= 0.6 is 11.8 Å². The molecule has 0 radical (unpaired) electrons. The zero-order valence-electron chi connectivity index (χ0n) is 22.9. The van der Waals surface area contributed by atoms with Gasteiger partial charge in [-0.25, -0.2) is 8.78 Å². The fraction of sp³-hybridized carbons (Fsp3) is 0.452. The fourth-order valence-electron chi connectivity index (χ4n) is 5.02. The van der Waals surface area contributed by atoms with E-state index in [0.29, 0.717) is 30.4 Å². The first-order valence-corrected chi connectivity index (χ1v) is 15.1. The molecule has 10 heteroatoms. The zero-order valence-corrected chi connectivity index (χ0v) is 23.8. The van der Waals surface area contributed by atoms with E-state index in [9.17, 15) is 23.6 Å². The number of thioether (sulfide) groups is 1. The predicted octanol–water partition coefficient (Wildman–Crippen LogP) is 6.47. The van der Waals surface area contributed by atoms with Crippen molar-refractivity contribution >= 4 is 34.5 Å². The van der Waals surface area contributed by atoms with Crippen LogP contribution in [0.3, 0.4) is 0 Å². The summed E-state index contributed by atoms with van der Waals surface area (Å²) in [5.74, 6) is -1.22. The van der Waals surface area contributed by atoms with Crippen LogP contribution in [-0.4, -0.2) is 46.9 Å². The van der Waals surface area contributed by atoms with Crippen molar-refractivity contribution in [2.45, 2.75) is 68.9 Å². The molecule has 0 spiro atoms. The van der Waals surface area contributed by atoms with Crippen molar-refractivity contribution in [2.75, 3.05) is 18.1 Å². The van der Waals surface area contributed by atoms with Gasteiger partial charge in [0.2, 0.25) is 11.8 Å². The number of ether oxygens (including phenoxy) is 1. The van der Waals surface area contributed by atoms with Crippen molar-refractivity contribution in [3.8, 4) is 22.9 Å². The number of halogens is 2. The summed E-state index contributed by atoms with van der Waals surface area (Å²) in [7, 11) is 0. The number of rotatable bonds is 11. The lowest BCUT2D eigenvalue weighted by atomic mass is 9.78. The van der Waals surface area contributed by atoms with Gasteiger partial charge >= 0.3 is 0 Å². The van der Waals surface area contributed by atoms with E-state index in [1.54, 1.807) is 6.07 Å². The third kappa shape index (κ3) is 6.67. The molecule has 2 saturated carbocycles. The molecular formula is C31H33F2N3O4S. The van der Waals surface area contributed by atoms with Gasteiger partial charge in [0.1, 0.15) is 22.4 Å². The highest BCUT2D eigenvalue weighted by Gasteiger charge is 2.53. The van der Waals surface area contributed by atoms with E-state index >= 15 is 0 Å². The van der Waals surface area contributed by atoms with E-state index in [-0.39, 0.29) is 18.6 Å². The van der Waals surface area contributed by atoms with E-state index in [1.807, 2.05) is 54.2 Å². The van der Waals surface area contributed by atoms with E-state index in [0.717, 1.165) is 34.8 Å². The number of nitriles is 1. The van der Waals surface area contributed by atoms with E-state index in [1.165, 1.54) is 0 Å². The topological polar surface area (TPSA) is 104 Å². The SMILES string of the molecule is CCSCCCOc1ccc(-c2ccc3cc(C(=O)NC4(C(=O)NC5(C#N)CC5)CCC(F)(F)CC4)oc3c2)cc1. The molecule has 0 saturated heterocycles. The second-order valence-corrected chi connectivity index (χ2v) is 12.2. The van der Waals surface area contributed by atoms with Crippen LogP contribution in [0, 0.1) is 11.3 Å². The number of carbonyl (C=O) groups is 2. The molecular weight excluding hydrogens is 548 g/mol. The van der Waals surface area contributed by atoms with Crippen LogP contribution in [0.2, 0.25) is 0 Å². The summed E-state index contributed by atoms with van der Waals surface area (Å²) in [6.45, 7) is 2.81. The number of carbonyl (C=O) groups excluding carboxylic acids is 2. The third-order valence-corrected chi connectivity index (χ3v) is 8.76. The maximum atomic E-state index is 14.0. The summed E-state index contributed by atoms with van der Waals surface area (Å²) in [6.07, 6.45) is 0.438. The molecule has 2 aliphatic carbocycles. The maximum Gasteiger partial charge on any atom is 0.287 e. The maximum absolute atomic E-state index is 14.0. The molecule has 2 aromatic carbocycles. The van der Waals surface area contributed by atoms with Crippen LogP contribution in [0.1, 0.15) is 62.4 Å². The standard InChI is InChI=1S/C31H33F2N3O4S/c1-2-41-17-3-16-39-24-8-6-21(7-9-24)22-4-5-23-19-26(40-25(23)18-22)27(37)35-30(12-14-31(32,33)15-13-30)28(38)36-29(20-34)10-11-29/h4-9,18-19H,2-3,10-17H2,1H3,(H,35,37)(H,36,38). The molecule has 0 atom stereocenters. The molecule has 1 aromatic heterocycles. The van der Waals surface area contributed by atoms with Crippen molar-refractivity contribution in [1.29, 1.82) is 5.26 Å². The van der Waals surface area contributed by atoms with Gasteiger partial charge in [-0.3, -0.25) is 9.59 Å². The number of nitrogens with one attached hydrogen (secondary N) is 2. The summed E-state index contributed by atoms with van der Waals surface area (Å²) in [6, 6.07) is 17.0. The molecule has 216 valence electrons. The molecule has 2 fully saturated rings. The van der Waals surface area contributed by atoms with Crippen LogP contribution in [0.15, 0.2) is 52.9 Å². The second kappa shape index (κ2) is 11.7. The van der Waals surface area contributed by atoms with Gasteiger partial charge in [0.05, 0.1) is 12.7 Å². The predicted molar refractivity (Wildman–Crippen MR) is 154 cm³/mol. The minimum atomic E-state index is -2.91. The molecule has 1 heterocycles. The average Bonchev–Trinajstić information content (AvgIpc) is 3.61. The summed E-state index contributed by atoms with van der Waals surface area (Å²) >= 11 is 1.89. The Bertz CT molecular complexity index is 1450. The Balaban J connectivity index is 1.29. The Labute approximate surface area is 242 Å². The highest BCUT2D eigenvalue weighted by molar-refractivity contribution is 7.99. The molecule has 5 rings (SSSR count). The normalized spacial score (nSPS) is 18.3. The highest BCUT2D eigenvalue weighted by atomic mass is 32.2. The van der Waals surface area contributed by atoms with Gasteiger partial charge in [-0.2, -0.15) is 17.0 Å². The molecule has 0 aliphatic heterocycles. The largest absolute Gasteiger partial charge is 0.494 e. The molecule has 2 amide bonds. The highest BCUT2D eigenvalue weighted by Crippen LogP contribution is 2.41. The first kappa shape index (κ1) is 28.9. The quantitative estimate of drug-likeness (QED) is 0.252. The van der Waals surface area contributed by atoms with Crippen LogP contribution in [-0.2, 0) is 4.79 Å². The Morgan fingerprint density at radius 3 is 2.37 bits per heavy atom. The summed E-state index contributed by atoms with van der Waals surface area (Å²) in [5.41, 5.74) is -0.206. The number of amides is 2. The zero-order chi connectivity index (χ0) is 29.1. The molecule has 2 N–H and O–H groups in total. The van der Waals surface area contributed by atoms with Crippen molar-refractivity contribution in [3.05, 3.63) is 54.3 Å². The van der Waals surface area contributed by atoms with Gasteiger partial charge < -0.3 is 19.8 Å². The first-order valence-electron chi connectivity index (χ1n) is 14.0. The molecule has 0 bridgehead atoms. The van der Waals surface area contributed by atoms with Crippen LogP contribution < -0.4 is 15.4 Å². The van der Waals surface area contributed by atoms with Crippen molar-refractivity contribution in [3.63, 3.8) is 0 Å². The molecule has 0 unspecified atom stereocenters. The Morgan fingerprint density at radius 1 is 1.00 bits per heavy atom. The van der Waals surface area contributed by atoms with E-state index in [2.05, 4.69) is 23.6 Å². The Morgan fingerprint density at radius 2 is 1.71 bits per heavy atom. The lowest BCUT2D eigenvalue weighted by molar-refractivity contribution is -0.133. The lowest BCUT2D eigenvalue weighted by Crippen LogP contribution is -2.62. The number of hydrogen-bond acceptors (Lipinski definition) is 6. The Hall–Kier alpha value is -3.58. The smallest absolute Gasteiger partial charge is 0.287 e. The molecule has 2 aliphatic rings. The first-order chi connectivity index (χ1) is 19.7. The van der Waals surface area contributed by atoms with Gasteiger partial charge in [-0.15, -0.1) is 0 Å². The molecule has 3 aromatic rings. The van der Waals surface area contributed by atoms with Gasteiger partial charge in [0.15, 0.2) is 5.76 Å². The van der Waals surface area contributed by atoms with Crippen molar-refractivity contribution in [1.82, 2.24) is 10.6 Å². The van der Waals surface area contributed by atoms with Gasteiger partial charge in [0.25, 0.3) is 5.91 Å². The minimum Gasteiger partial charge on any atom is -0.494 e. The van der Waals surface area contributed by atoms with Gasteiger partial charge in [-0.05, 0) is 79.0 Å². The number of furan rings is 1. The Kier molecular flexibility index (Phi) is 8.28. The van der Waals surface area contributed by atoms with Crippen LogP contribution in [0.5, 0.6) is 5.75 Å². The molecule has 7 nitrogen and oxygen atoms in total. The van der Waals surface area contributed by atoms with Crippen molar-refractivity contribution in [2.24, 2.45) is 0 Å². The fourth-order valence-corrected chi connectivity index (χ4v) is 5.63. The van der Waals surface area contributed by atoms with E-state index < -0.39 is 41.7 Å². The molecule has 41 heavy (non-hydrogen) atoms. The summed E-state index contributed by atoms with van der Waals surface area (Å²) < 4.78 is 39.7. The summed E-state index contributed by atoms with van der Waals surface area (Å²) in [5, 5.41) is 15.5. The van der Waals surface area contributed by atoms with E-state index in [4.69, 9.17) is 9.15 Å².